The van der Waals surface area contributed by atoms with Gasteiger partial charge in [0.1, 0.15) is 0 Å². The maximum Gasteiger partial charge on any atom is 0.220 e. The molecule has 100 valence electrons. The summed E-state index contributed by atoms with van der Waals surface area (Å²) in [7, 11) is 0. The van der Waals surface area contributed by atoms with Crippen LogP contribution in [-0.2, 0) is 4.79 Å². The summed E-state index contributed by atoms with van der Waals surface area (Å²) in [6.07, 6.45) is 1.22. The Balaban J connectivity index is 2.47. The molecule has 0 heterocycles. The van der Waals surface area contributed by atoms with E-state index in [0.29, 0.717) is 19.4 Å². The summed E-state index contributed by atoms with van der Waals surface area (Å²) in [6.45, 7) is 6.80. The molecule has 1 amide bonds. The van der Waals surface area contributed by atoms with Crippen molar-refractivity contribution in [3.05, 3.63) is 34.9 Å². The highest BCUT2D eigenvalue weighted by Gasteiger charge is 2.10. The van der Waals surface area contributed by atoms with Crippen LogP contribution in [0.2, 0.25) is 0 Å². The van der Waals surface area contributed by atoms with Crippen LogP contribution in [0, 0.1) is 13.8 Å². The summed E-state index contributed by atoms with van der Waals surface area (Å²) in [5, 5.41) is 12.8. The lowest BCUT2D eigenvalue weighted by atomic mass is 10.00. The number of nitrogens with one attached hydrogen (secondary N) is 1. The first-order valence-electron chi connectivity index (χ1n) is 6.56. The number of aliphatic hydroxyl groups excluding tert-OH is 1. The van der Waals surface area contributed by atoms with Gasteiger partial charge >= 0.3 is 0 Å². The van der Waals surface area contributed by atoms with Gasteiger partial charge in [-0.15, -0.1) is 0 Å². The van der Waals surface area contributed by atoms with Crippen LogP contribution in [0.4, 0.5) is 0 Å². The molecule has 3 heteroatoms. The molecule has 0 saturated heterocycles. The van der Waals surface area contributed by atoms with Crippen LogP contribution in [0.5, 0.6) is 0 Å². The largest absolute Gasteiger partial charge is 0.388 e. The molecule has 1 atom stereocenters. The zero-order valence-electron chi connectivity index (χ0n) is 11.5. The van der Waals surface area contributed by atoms with Crippen LogP contribution in [-0.4, -0.2) is 17.6 Å². The molecule has 1 aromatic carbocycles. The SMILES string of the molecule is CCCNC(=O)CCC(O)c1ccc(C)c(C)c1. The Morgan fingerprint density at radius 2 is 2.06 bits per heavy atom. The van der Waals surface area contributed by atoms with Crippen molar-refractivity contribution >= 4 is 5.91 Å². The molecule has 0 aliphatic heterocycles. The van der Waals surface area contributed by atoms with Crippen molar-refractivity contribution in [3.8, 4) is 0 Å². The molecular weight excluding hydrogens is 226 g/mol. The zero-order chi connectivity index (χ0) is 13.5. The molecule has 1 rings (SSSR count). The van der Waals surface area contributed by atoms with Crippen LogP contribution in [0.3, 0.4) is 0 Å². The van der Waals surface area contributed by atoms with Crippen LogP contribution in [0.15, 0.2) is 18.2 Å². The monoisotopic (exact) mass is 249 g/mol. The van der Waals surface area contributed by atoms with Crippen molar-refractivity contribution in [1.82, 2.24) is 5.32 Å². The second kappa shape index (κ2) is 7.17. The van der Waals surface area contributed by atoms with E-state index in [1.165, 1.54) is 11.1 Å². The number of aliphatic hydroxyl groups is 1. The minimum Gasteiger partial charge on any atom is -0.388 e. The van der Waals surface area contributed by atoms with E-state index in [1.54, 1.807) is 0 Å². The highest BCUT2D eigenvalue weighted by atomic mass is 16.3. The van der Waals surface area contributed by atoms with Gasteiger partial charge in [-0.05, 0) is 43.4 Å². The zero-order valence-corrected chi connectivity index (χ0v) is 11.5. The average Bonchev–Trinajstić information content (AvgIpc) is 2.36. The van der Waals surface area contributed by atoms with Crippen molar-refractivity contribution in [2.24, 2.45) is 0 Å². The van der Waals surface area contributed by atoms with Crippen molar-refractivity contribution in [2.45, 2.75) is 46.1 Å². The topological polar surface area (TPSA) is 49.3 Å². The van der Waals surface area contributed by atoms with Crippen molar-refractivity contribution in [1.29, 1.82) is 0 Å². The quantitative estimate of drug-likeness (QED) is 0.814. The van der Waals surface area contributed by atoms with Crippen LogP contribution < -0.4 is 5.32 Å². The molecule has 0 saturated carbocycles. The number of aryl methyl sites for hydroxylation is 2. The fourth-order valence-electron chi connectivity index (χ4n) is 1.76. The van der Waals surface area contributed by atoms with E-state index in [1.807, 2.05) is 39.0 Å². The van der Waals surface area contributed by atoms with Crippen LogP contribution >= 0.6 is 0 Å². The molecule has 1 aromatic rings. The highest BCUT2D eigenvalue weighted by molar-refractivity contribution is 5.75. The van der Waals surface area contributed by atoms with Gasteiger partial charge in [0.25, 0.3) is 0 Å². The number of rotatable bonds is 6. The summed E-state index contributed by atoms with van der Waals surface area (Å²) < 4.78 is 0. The second-order valence-electron chi connectivity index (χ2n) is 4.75. The molecule has 18 heavy (non-hydrogen) atoms. The number of carbonyl (C=O) groups is 1. The summed E-state index contributed by atoms with van der Waals surface area (Å²) in [5.74, 6) is 0.0136. The molecule has 0 spiro atoms. The van der Waals surface area contributed by atoms with Crippen molar-refractivity contribution < 1.29 is 9.90 Å². The normalized spacial score (nSPS) is 12.2. The second-order valence-corrected chi connectivity index (χ2v) is 4.75. The van der Waals surface area contributed by atoms with E-state index < -0.39 is 6.10 Å². The van der Waals surface area contributed by atoms with Gasteiger partial charge in [-0.2, -0.15) is 0 Å². The number of hydrogen-bond donors (Lipinski definition) is 2. The molecule has 0 aromatic heterocycles. The van der Waals surface area contributed by atoms with Crippen molar-refractivity contribution in [3.63, 3.8) is 0 Å². The Kier molecular flexibility index (Phi) is 5.86. The Labute approximate surface area is 109 Å². The molecule has 0 bridgehead atoms. The minimum atomic E-state index is -0.559. The Bertz CT molecular complexity index is 401. The summed E-state index contributed by atoms with van der Waals surface area (Å²) in [6, 6.07) is 5.92. The van der Waals surface area contributed by atoms with Gasteiger partial charge in [0, 0.05) is 13.0 Å². The first-order valence-corrected chi connectivity index (χ1v) is 6.56. The standard InChI is InChI=1S/C15H23NO2/c1-4-9-16-15(18)8-7-14(17)13-6-5-11(2)12(3)10-13/h5-6,10,14,17H,4,7-9H2,1-3H3,(H,16,18). The van der Waals surface area contributed by atoms with Gasteiger partial charge in [-0.1, -0.05) is 25.1 Å². The first-order chi connectivity index (χ1) is 8.54. The van der Waals surface area contributed by atoms with E-state index >= 15 is 0 Å². The van der Waals surface area contributed by atoms with Gasteiger partial charge in [-0.3, -0.25) is 4.79 Å². The first kappa shape index (κ1) is 14.7. The van der Waals surface area contributed by atoms with Crippen LogP contribution in [0.25, 0.3) is 0 Å². The smallest absolute Gasteiger partial charge is 0.220 e. The number of hydrogen-bond acceptors (Lipinski definition) is 2. The number of amides is 1. The lowest BCUT2D eigenvalue weighted by molar-refractivity contribution is -0.121. The third kappa shape index (κ3) is 4.49. The fraction of sp³-hybridized carbons (Fsp3) is 0.533. The highest BCUT2D eigenvalue weighted by Crippen LogP contribution is 2.20. The molecule has 2 N–H and O–H groups in total. The van der Waals surface area contributed by atoms with E-state index in [4.69, 9.17) is 0 Å². The van der Waals surface area contributed by atoms with Gasteiger partial charge in [0.05, 0.1) is 6.10 Å². The molecule has 0 radical (unpaired) electrons. The summed E-state index contributed by atoms with van der Waals surface area (Å²) in [4.78, 5) is 11.4. The van der Waals surface area contributed by atoms with E-state index in [0.717, 1.165) is 12.0 Å². The molecule has 0 fully saturated rings. The average molecular weight is 249 g/mol. The predicted octanol–water partition coefficient (Wildman–Crippen LogP) is 2.64. The Hall–Kier alpha value is -1.35. The van der Waals surface area contributed by atoms with Gasteiger partial charge < -0.3 is 10.4 Å². The molecular formula is C15H23NO2. The molecule has 1 unspecified atom stereocenters. The maximum atomic E-state index is 11.4. The Morgan fingerprint density at radius 3 is 2.67 bits per heavy atom. The minimum absolute atomic E-state index is 0.0136. The fourth-order valence-corrected chi connectivity index (χ4v) is 1.76. The third-order valence-electron chi connectivity index (χ3n) is 3.13. The molecule has 0 aliphatic carbocycles. The van der Waals surface area contributed by atoms with Gasteiger partial charge in [0.2, 0.25) is 5.91 Å². The van der Waals surface area contributed by atoms with E-state index in [2.05, 4.69) is 5.32 Å². The maximum absolute atomic E-state index is 11.4. The van der Waals surface area contributed by atoms with E-state index in [9.17, 15) is 9.90 Å². The predicted molar refractivity (Wildman–Crippen MR) is 73.4 cm³/mol. The van der Waals surface area contributed by atoms with Crippen LogP contribution in [0.1, 0.15) is 49.0 Å². The van der Waals surface area contributed by atoms with Gasteiger partial charge in [0.15, 0.2) is 0 Å². The number of benzene rings is 1. The van der Waals surface area contributed by atoms with E-state index in [-0.39, 0.29) is 5.91 Å². The summed E-state index contributed by atoms with van der Waals surface area (Å²) >= 11 is 0. The molecule has 0 aliphatic rings. The Morgan fingerprint density at radius 1 is 1.33 bits per heavy atom. The third-order valence-corrected chi connectivity index (χ3v) is 3.13. The summed E-state index contributed by atoms with van der Waals surface area (Å²) in [5.41, 5.74) is 3.27. The lowest BCUT2D eigenvalue weighted by Crippen LogP contribution is -2.24. The van der Waals surface area contributed by atoms with Gasteiger partial charge in [-0.25, -0.2) is 0 Å². The lowest BCUT2D eigenvalue weighted by Gasteiger charge is -2.12. The molecule has 3 nitrogen and oxygen atoms in total. The van der Waals surface area contributed by atoms with Crippen molar-refractivity contribution in [2.75, 3.05) is 6.54 Å². The number of carbonyl (C=O) groups excluding carboxylic acids is 1.